The minimum Gasteiger partial charge on any atom is -0.486 e. The summed E-state index contributed by atoms with van der Waals surface area (Å²) < 4.78 is 13.1. The highest BCUT2D eigenvalue weighted by Gasteiger charge is 2.30. The number of hydrogen-bond acceptors (Lipinski definition) is 6. The summed E-state index contributed by atoms with van der Waals surface area (Å²) in [7, 11) is 1.88. The van der Waals surface area contributed by atoms with Gasteiger partial charge in [-0.3, -0.25) is 4.79 Å². The molecule has 3 aromatic rings. The Hall–Kier alpha value is -2.55. The number of ether oxygens (including phenoxy) is 2. The molecule has 1 fully saturated rings. The lowest BCUT2D eigenvalue weighted by atomic mass is 10.1. The molecule has 0 radical (unpaired) electrons. The van der Waals surface area contributed by atoms with Gasteiger partial charge in [0.2, 0.25) is 5.91 Å². The van der Waals surface area contributed by atoms with Crippen molar-refractivity contribution >= 4 is 29.3 Å². The third-order valence-electron chi connectivity index (χ3n) is 4.98. The van der Waals surface area contributed by atoms with Crippen LogP contribution in [0.2, 0.25) is 5.02 Å². The quantitative estimate of drug-likeness (QED) is 0.502. The van der Waals surface area contributed by atoms with E-state index < -0.39 is 5.25 Å². The minimum absolute atomic E-state index is 0.0569. The normalized spacial score (nSPS) is 15.0. The van der Waals surface area contributed by atoms with Crippen molar-refractivity contribution in [2.45, 2.75) is 17.0 Å². The van der Waals surface area contributed by atoms with Crippen LogP contribution in [-0.4, -0.2) is 51.9 Å². The Kier molecular flexibility index (Phi) is 7.11. The zero-order valence-corrected chi connectivity index (χ0v) is 18.7. The fourth-order valence-corrected chi connectivity index (χ4v) is 4.43. The van der Waals surface area contributed by atoms with Crippen LogP contribution in [-0.2, 0) is 23.2 Å². The Morgan fingerprint density at radius 1 is 1.13 bits per heavy atom. The van der Waals surface area contributed by atoms with Gasteiger partial charge in [0.05, 0.1) is 13.2 Å². The Balaban J connectivity index is 1.50. The van der Waals surface area contributed by atoms with E-state index >= 15 is 0 Å². The third kappa shape index (κ3) is 5.39. The van der Waals surface area contributed by atoms with Gasteiger partial charge in [0, 0.05) is 25.2 Å². The van der Waals surface area contributed by atoms with Crippen LogP contribution in [0.25, 0.3) is 0 Å². The van der Waals surface area contributed by atoms with Crippen molar-refractivity contribution in [1.82, 2.24) is 19.7 Å². The molecule has 0 unspecified atom stereocenters. The number of carbonyl (C=O) groups excluding carboxylic acids is 1. The van der Waals surface area contributed by atoms with Crippen LogP contribution in [0.1, 0.15) is 16.6 Å². The van der Waals surface area contributed by atoms with E-state index in [-0.39, 0.29) is 12.5 Å². The van der Waals surface area contributed by atoms with E-state index in [1.165, 1.54) is 11.8 Å². The van der Waals surface area contributed by atoms with E-state index in [1.807, 2.05) is 46.8 Å². The van der Waals surface area contributed by atoms with Crippen molar-refractivity contribution in [3.05, 3.63) is 71.0 Å². The van der Waals surface area contributed by atoms with Crippen molar-refractivity contribution < 1.29 is 14.3 Å². The lowest BCUT2D eigenvalue weighted by molar-refractivity contribution is -0.134. The van der Waals surface area contributed by atoms with Gasteiger partial charge in [-0.2, -0.15) is 0 Å². The fourth-order valence-electron chi connectivity index (χ4n) is 3.20. The lowest BCUT2D eigenvalue weighted by Gasteiger charge is -2.30. The highest BCUT2D eigenvalue weighted by Crippen LogP contribution is 2.36. The van der Waals surface area contributed by atoms with Gasteiger partial charge in [-0.25, -0.2) is 0 Å². The summed E-state index contributed by atoms with van der Waals surface area (Å²) in [6, 6.07) is 16.9. The van der Waals surface area contributed by atoms with Crippen LogP contribution in [0.15, 0.2) is 59.8 Å². The second kappa shape index (κ2) is 10.2. The second-order valence-corrected chi connectivity index (χ2v) is 8.56. The van der Waals surface area contributed by atoms with Crippen LogP contribution < -0.4 is 4.74 Å². The molecule has 0 saturated carbocycles. The molecular weight excluding hydrogens is 436 g/mol. The van der Waals surface area contributed by atoms with Crippen LogP contribution in [0.5, 0.6) is 5.75 Å². The smallest absolute Gasteiger partial charge is 0.240 e. The zero-order valence-electron chi connectivity index (χ0n) is 17.1. The molecule has 2 aromatic carbocycles. The SMILES string of the molecule is Cn1c(COc2ccc(Cl)cc2)nnc1S[C@H](C(=O)N1CCOCC1)c1ccccc1. The fraction of sp³-hybridized carbons (Fsp3) is 0.318. The number of rotatable bonds is 7. The van der Waals surface area contributed by atoms with Crippen LogP contribution in [0.4, 0.5) is 0 Å². The number of nitrogens with zero attached hydrogens (tertiary/aromatic N) is 4. The van der Waals surface area contributed by atoms with Gasteiger partial charge in [0.1, 0.15) is 17.6 Å². The monoisotopic (exact) mass is 458 g/mol. The van der Waals surface area contributed by atoms with Crippen molar-refractivity contribution in [2.75, 3.05) is 26.3 Å². The average Bonchev–Trinajstić information content (AvgIpc) is 3.17. The Morgan fingerprint density at radius 3 is 2.55 bits per heavy atom. The summed E-state index contributed by atoms with van der Waals surface area (Å²) in [6.45, 7) is 2.59. The van der Waals surface area contributed by atoms with Crippen molar-refractivity contribution in [3.8, 4) is 5.75 Å². The van der Waals surface area contributed by atoms with Gasteiger partial charge in [0.25, 0.3) is 0 Å². The molecule has 9 heteroatoms. The molecule has 0 aliphatic carbocycles. The van der Waals surface area contributed by atoms with Gasteiger partial charge >= 0.3 is 0 Å². The number of aromatic nitrogens is 3. The summed E-state index contributed by atoms with van der Waals surface area (Å²) in [6.07, 6.45) is 0. The maximum atomic E-state index is 13.3. The maximum Gasteiger partial charge on any atom is 0.240 e. The first kappa shape index (κ1) is 21.7. The third-order valence-corrected chi connectivity index (χ3v) is 6.51. The Labute approximate surface area is 190 Å². The number of thioether (sulfide) groups is 1. The number of carbonyl (C=O) groups is 1. The topological polar surface area (TPSA) is 69.5 Å². The minimum atomic E-state index is -0.410. The molecule has 1 aliphatic rings. The summed E-state index contributed by atoms with van der Waals surface area (Å²) >= 11 is 7.31. The summed E-state index contributed by atoms with van der Waals surface area (Å²) in [4.78, 5) is 15.2. The molecule has 0 spiro atoms. The Bertz CT molecular complexity index is 1010. The summed E-state index contributed by atoms with van der Waals surface area (Å²) in [5.74, 6) is 1.43. The predicted molar refractivity (Wildman–Crippen MR) is 119 cm³/mol. The summed E-state index contributed by atoms with van der Waals surface area (Å²) in [5, 5.41) is 9.48. The molecule has 0 bridgehead atoms. The van der Waals surface area contributed by atoms with Crippen LogP contribution in [0.3, 0.4) is 0 Å². The maximum absolute atomic E-state index is 13.3. The van der Waals surface area contributed by atoms with Gasteiger partial charge in [0.15, 0.2) is 11.0 Å². The van der Waals surface area contributed by atoms with E-state index in [2.05, 4.69) is 10.2 Å². The molecule has 1 amide bonds. The molecule has 1 aliphatic heterocycles. The molecule has 7 nitrogen and oxygen atoms in total. The second-order valence-electron chi connectivity index (χ2n) is 7.05. The van der Waals surface area contributed by atoms with Gasteiger partial charge in [-0.15, -0.1) is 10.2 Å². The number of morpholine rings is 1. The zero-order chi connectivity index (χ0) is 21.6. The Morgan fingerprint density at radius 2 is 1.84 bits per heavy atom. The van der Waals surface area contributed by atoms with Gasteiger partial charge in [-0.05, 0) is 29.8 Å². The predicted octanol–water partition coefficient (Wildman–Crippen LogP) is 3.74. The molecule has 1 atom stereocenters. The molecule has 162 valence electrons. The first-order chi connectivity index (χ1) is 15.1. The highest BCUT2D eigenvalue weighted by molar-refractivity contribution is 8.00. The first-order valence-corrected chi connectivity index (χ1v) is 11.2. The number of halogens is 1. The molecule has 2 heterocycles. The molecule has 1 aromatic heterocycles. The van der Waals surface area contributed by atoms with Crippen molar-refractivity contribution in [3.63, 3.8) is 0 Å². The molecule has 31 heavy (non-hydrogen) atoms. The first-order valence-electron chi connectivity index (χ1n) is 9.96. The molecular formula is C22H23ClN4O3S. The standard InChI is InChI=1S/C22H23ClN4O3S/c1-26-19(15-30-18-9-7-17(23)8-10-18)24-25-22(26)31-20(16-5-3-2-4-6-16)21(28)27-11-13-29-14-12-27/h2-10,20H,11-15H2,1H3/t20-/m0/s1. The largest absolute Gasteiger partial charge is 0.486 e. The summed E-state index contributed by atoms with van der Waals surface area (Å²) in [5.41, 5.74) is 0.936. The van der Waals surface area contributed by atoms with Gasteiger partial charge in [-0.1, -0.05) is 53.7 Å². The van der Waals surface area contributed by atoms with E-state index in [9.17, 15) is 4.79 Å². The van der Waals surface area contributed by atoms with E-state index in [1.54, 1.807) is 24.3 Å². The lowest BCUT2D eigenvalue weighted by Crippen LogP contribution is -2.42. The number of hydrogen-bond donors (Lipinski definition) is 0. The van der Waals surface area contributed by atoms with Crippen LogP contribution in [0, 0.1) is 0 Å². The number of amides is 1. The average molecular weight is 459 g/mol. The highest BCUT2D eigenvalue weighted by atomic mass is 35.5. The van der Waals surface area contributed by atoms with Crippen LogP contribution >= 0.6 is 23.4 Å². The van der Waals surface area contributed by atoms with E-state index in [0.717, 1.165) is 5.56 Å². The molecule has 4 rings (SSSR count). The van der Waals surface area contributed by atoms with Gasteiger partial charge < -0.3 is 18.9 Å². The van der Waals surface area contributed by atoms with E-state index in [0.29, 0.717) is 48.1 Å². The molecule has 0 N–H and O–H groups in total. The number of benzene rings is 2. The van der Waals surface area contributed by atoms with Crippen molar-refractivity contribution in [1.29, 1.82) is 0 Å². The van der Waals surface area contributed by atoms with Crippen molar-refractivity contribution in [2.24, 2.45) is 7.05 Å². The molecule has 1 saturated heterocycles. The van der Waals surface area contributed by atoms with E-state index in [4.69, 9.17) is 21.1 Å².